The van der Waals surface area contributed by atoms with E-state index in [1.807, 2.05) is 20.8 Å². The summed E-state index contributed by atoms with van der Waals surface area (Å²) in [5, 5.41) is 3.21. The molecule has 3 fully saturated rings. The van der Waals surface area contributed by atoms with E-state index in [1.165, 1.54) is 5.56 Å². The van der Waals surface area contributed by atoms with Crippen molar-refractivity contribution in [3.63, 3.8) is 0 Å². The van der Waals surface area contributed by atoms with Crippen LogP contribution in [0.5, 0.6) is 0 Å². The molecule has 2 heterocycles. The monoisotopic (exact) mass is 472 g/mol. The zero-order valence-electron chi connectivity index (χ0n) is 20.9. The Morgan fingerprint density at radius 2 is 1.91 bits per heavy atom. The molecule has 2 atom stereocenters. The van der Waals surface area contributed by atoms with Crippen LogP contribution in [0.25, 0.3) is 0 Å². The van der Waals surface area contributed by atoms with Gasteiger partial charge in [0.1, 0.15) is 5.60 Å². The van der Waals surface area contributed by atoms with Gasteiger partial charge in [0.15, 0.2) is 0 Å². The van der Waals surface area contributed by atoms with Gasteiger partial charge in [0.25, 0.3) is 0 Å². The fourth-order valence-corrected chi connectivity index (χ4v) is 5.60. The molecular formula is C27H40N2O5. The third kappa shape index (κ3) is 6.11. The Hall–Kier alpha value is -2.12. The first-order chi connectivity index (χ1) is 16.3. The van der Waals surface area contributed by atoms with Crippen LogP contribution in [0.2, 0.25) is 0 Å². The lowest BCUT2D eigenvalue weighted by Crippen LogP contribution is -2.69. The van der Waals surface area contributed by atoms with Gasteiger partial charge in [-0.15, -0.1) is 0 Å². The summed E-state index contributed by atoms with van der Waals surface area (Å²) < 4.78 is 18.1. The van der Waals surface area contributed by atoms with Crippen LogP contribution in [0, 0.1) is 0 Å². The Bertz CT molecular complexity index is 831. The van der Waals surface area contributed by atoms with E-state index in [2.05, 4.69) is 35.6 Å². The van der Waals surface area contributed by atoms with Crippen molar-refractivity contribution in [2.75, 3.05) is 26.4 Å². The van der Waals surface area contributed by atoms with E-state index in [4.69, 9.17) is 14.2 Å². The summed E-state index contributed by atoms with van der Waals surface area (Å²) in [6.45, 7) is 7.35. The number of piperidine rings is 1. The molecule has 4 rings (SSSR count). The van der Waals surface area contributed by atoms with Gasteiger partial charge in [0.2, 0.25) is 5.91 Å². The van der Waals surface area contributed by atoms with E-state index in [0.29, 0.717) is 38.7 Å². The molecule has 0 radical (unpaired) electrons. The average Bonchev–Trinajstić information content (AvgIpc) is 2.99. The van der Waals surface area contributed by atoms with Crippen LogP contribution in [0.15, 0.2) is 30.3 Å². The number of nitrogens with zero attached hydrogens (tertiary/aromatic N) is 1. The van der Waals surface area contributed by atoms with Gasteiger partial charge in [-0.1, -0.05) is 30.3 Å². The van der Waals surface area contributed by atoms with E-state index in [-0.39, 0.29) is 24.1 Å². The predicted octanol–water partition coefficient (Wildman–Crippen LogP) is 4.40. The van der Waals surface area contributed by atoms with Crippen molar-refractivity contribution in [3.05, 3.63) is 35.9 Å². The molecule has 1 aromatic rings. The second-order valence-electron chi connectivity index (χ2n) is 11.0. The molecule has 3 aliphatic rings. The number of benzene rings is 1. The van der Waals surface area contributed by atoms with Gasteiger partial charge in [-0.05, 0) is 70.8 Å². The van der Waals surface area contributed by atoms with Crippen molar-refractivity contribution in [1.29, 1.82) is 0 Å². The third-order valence-corrected chi connectivity index (χ3v) is 7.32. The van der Waals surface area contributed by atoms with E-state index in [1.54, 1.807) is 4.90 Å². The lowest BCUT2D eigenvalue weighted by Gasteiger charge is -2.49. The number of carbonyl (C=O) groups excluding carboxylic acids is 2. The Kier molecular flexibility index (Phi) is 7.83. The number of carbonyl (C=O) groups is 2. The zero-order chi connectivity index (χ0) is 24.2. The highest BCUT2D eigenvalue weighted by Gasteiger charge is 2.49. The molecule has 2 unspecified atom stereocenters. The number of hydrogen-bond acceptors (Lipinski definition) is 5. The summed E-state index contributed by atoms with van der Waals surface area (Å²) in [5.74, 6) is 0.548. The smallest absolute Gasteiger partial charge is 0.410 e. The first kappa shape index (κ1) is 25.0. The van der Waals surface area contributed by atoms with Crippen LogP contribution in [0.3, 0.4) is 0 Å². The average molecular weight is 473 g/mol. The van der Waals surface area contributed by atoms with Crippen molar-refractivity contribution in [2.45, 2.75) is 94.9 Å². The highest BCUT2D eigenvalue weighted by molar-refractivity contribution is 5.77. The summed E-state index contributed by atoms with van der Waals surface area (Å²) in [5.41, 5.74) is 0.164. The van der Waals surface area contributed by atoms with Gasteiger partial charge in [0.05, 0.1) is 37.5 Å². The molecule has 34 heavy (non-hydrogen) atoms. The zero-order valence-corrected chi connectivity index (χ0v) is 20.9. The van der Waals surface area contributed by atoms with E-state index < -0.39 is 11.1 Å². The van der Waals surface area contributed by atoms with Gasteiger partial charge in [-0.25, -0.2) is 4.79 Å². The number of rotatable bonds is 4. The molecule has 0 bridgehead atoms. The van der Waals surface area contributed by atoms with E-state index in [0.717, 1.165) is 38.5 Å². The molecule has 7 heteroatoms. The van der Waals surface area contributed by atoms with Crippen LogP contribution in [0.1, 0.15) is 77.2 Å². The molecule has 1 saturated carbocycles. The minimum Gasteiger partial charge on any atom is -0.444 e. The number of likely N-dealkylation sites (tertiary alicyclic amines) is 1. The van der Waals surface area contributed by atoms with Crippen molar-refractivity contribution < 1.29 is 23.8 Å². The number of amides is 2. The minimum absolute atomic E-state index is 0.0306. The van der Waals surface area contributed by atoms with Crippen LogP contribution in [-0.4, -0.2) is 66.6 Å². The highest BCUT2D eigenvalue weighted by Crippen LogP contribution is 2.36. The molecule has 2 saturated heterocycles. The topological polar surface area (TPSA) is 77.1 Å². The summed E-state index contributed by atoms with van der Waals surface area (Å²) >= 11 is 0. The summed E-state index contributed by atoms with van der Waals surface area (Å²) in [7, 11) is 0. The Morgan fingerprint density at radius 3 is 2.62 bits per heavy atom. The Morgan fingerprint density at radius 1 is 1.18 bits per heavy atom. The van der Waals surface area contributed by atoms with Gasteiger partial charge >= 0.3 is 6.09 Å². The maximum absolute atomic E-state index is 13.2. The first-order valence-electron chi connectivity index (χ1n) is 12.8. The van der Waals surface area contributed by atoms with Crippen LogP contribution in [0.4, 0.5) is 4.79 Å². The van der Waals surface area contributed by atoms with Crippen molar-refractivity contribution in [3.8, 4) is 0 Å². The molecule has 2 amide bonds. The predicted molar refractivity (Wildman–Crippen MR) is 130 cm³/mol. The number of hydrogen-bond donors (Lipinski definition) is 1. The summed E-state index contributed by atoms with van der Waals surface area (Å²) in [6, 6.07) is 10.4. The van der Waals surface area contributed by atoms with Crippen LogP contribution < -0.4 is 5.32 Å². The molecule has 2 aliphatic heterocycles. The molecule has 1 spiro atoms. The van der Waals surface area contributed by atoms with E-state index in [9.17, 15) is 9.59 Å². The number of nitrogens with one attached hydrogen (secondary N) is 1. The molecule has 188 valence electrons. The van der Waals surface area contributed by atoms with Crippen molar-refractivity contribution >= 4 is 12.0 Å². The fourth-order valence-electron chi connectivity index (χ4n) is 5.60. The van der Waals surface area contributed by atoms with Crippen molar-refractivity contribution in [1.82, 2.24) is 10.2 Å². The largest absolute Gasteiger partial charge is 0.444 e. The van der Waals surface area contributed by atoms with Crippen LogP contribution in [-0.2, 0) is 19.0 Å². The Labute approximate surface area is 203 Å². The SMILES string of the molecule is CC(C)(C)OC(=O)N1CCCC2(COCCC(=O)N2)C1COC1CCC(c2ccccc2)CC1. The molecule has 1 N–H and O–H groups in total. The highest BCUT2D eigenvalue weighted by atomic mass is 16.6. The lowest BCUT2D eigenvalue weighted by atomic mass is 9.81. The van der Waals surface area contributed by atoms with Gasteiger partial charge < -0.3 is 24.4 Å². The maximum Gasteiger partial charge on any atom is 0.410 e. The summed E-state index contributed by atoms with van der Waals surface area (Å²) in [6.07, 6.45) is 5.86. The molecule has 1 aliphatic carbocycles. The van der Waals surface area contributed by atoms with Gasteiger partial charge in [-0.3, -0.25) is 4.79 Å². The lowest BCUT2D eigenvalue weighted by molar-refractivity contribution is -0.125. The quantitative estimate of drug-likeness (QED) is 0.703. The van der Waals surface area contributed by atoms with Gasteiger partial charge in [0, 0.05) is 13.0 Å². The standard InChI is InChI=1S/C27H40N2O5/c1-26(2,3)34-25(31)29-16-7-15-27(19-32-17-14-24(30)28-27)23(29)18-33-22-12-10-21(11-13-22)20-8-5-4-6-9-20/h4-6,8-9,21-23H,7,10-19H2,1-3H3,(H,28,30). The normalized spacial score (nSPS) is 30.5. The first-order valence-corrected chi connectivity index (χ1v) is 12.8. The third-order valence-electron chi connectivity index (χ3n) is 7.32. The number of ether oxygens (including phenoxy) is 3. The van der Waals surface area contributed by atoms with Gasteiger partial charge in [-0.2, -0.15) is 0 Å². The maximum atomic E-state index is 13.2. The molecule has 7 nitrogen and oxygen atoms in total. The molecular weight excluding hydrogens is 432 g/mol. The van der Waals surface area contributed by atoms with E-state index >= 15 is 0 Å². The molecule has 0 aromatic heterocycles. The Balaban J connectivity index is 1.45. The fraction of sp³-hybridized carbons (Fsp3) is 0.704. The van der Waals surface area contributed by atoms with Crippen molar-refractivity contribution in [2.24, 2.45) is 0 Å². The minimum atomic E-state index is -0.649. The molecule has 1 aromatic carbocycles. The second-order valence-corrected chi connectivity index (χ2v) is 11.0. The van der Waals surface area contributed by atoms with Crippen LogP contribution >= 0.6 is 0 Å². The summed E-state index contributed by atoms with van der Waals surface area (Å²) in [4.78, 5) is 27.4. The second kappa shape index (κ2) is 10.6.